The lowest BCUT2D eigenvalue weighted by Gasteiger charge is -2.11. The van der Waals surface area contributed by atoms with E-state index >= 15 is 0 Å². The molecule has 17 heavy (non-hydrogen) atoms. The van der Waals surface area contributed by atoms with E-state index in [2.05, 4.69) is 10.2 Å². The molecule has 0 radical (unpaired) electrons. The van der Waals surface area contributed by atoms with Crippen LogP contribution in [0.3, 0.4) is 0 Å². The smallest absolute Gasteiger partial charge is 0.180 e. The second-order valence-electron chi connectivity index (χ2n) is 3.37. The number of nitrogens with two attached hydrogens (primary N) is 1. The highest BCUT2D eigenvalue weighted by Crippen LogP contribution is 2.41. The average Bonchev–Trinajstić information content (AvgIpc) is 2.75. The highest BCUT2D eigenvalue weighted by Gasteiger charge is 2.15. The Labute approximate surface area is 103 Å². The molecule has 5 nitrogen and oxygen atoms in total. The molecule has 0 saturated carbocycles. The number of rotatable bonds is 3. The summed E-state index contributed by atoms with van der Waals surface area (Å²) < 4.78 is 10.4. The van der Waals surface area contributed by atoms with Gasteiger partial charge in [-0.15, -0.1) is 0 Å². The third-order valence-electron chi connectivity index (χ3n) is 2.37. The minimum Gasteiger partial charge on any atom is -0.493 e. The van der Waals surface area contributed by atoms with E-state index < -0.39 is 0 Å². The standard InChI is InChI=1S/C11H12ClN3O2/c1-16-8-4-3-6(10(12)11(8)17-2)7-5-9(13)15-14-7/h3-5H,1-2H3,(H3,13,14,15). The van der Waals surface area contributed by atoms with E-state index in [1.165, 1.54) is 7.11 Å². The molecule has 90 valence electrons. The molecule has 0 fully saturated rings. The molecule has 0 saturated heterocycles. The number of H-pyrrole nitrogens is 1. The number of nitrogens with one attached hydrogen (secondary N) is 1. The Morgan fingerprint density at radius 2 is 2.06 bits per heavy atom. The molecule has 2 aromatic rings. The van der Waals surface area contributed by atoms with Gasteiger partial charge in [-0.25, -0.2) is 0 Å². The van der Waals surface area contributed by atoms with Gasteiger partial charge < -0.3 is 15.2 Å². The maximum atomic E-state index is 6.24. The van der Waals surface area contributed by atoms with Gasteiger partial charge in [0.1, 0.15) is 5.82 Å². The lowest BCUT2D eigenvalue weighted by Crippen LogP contribution is -1.93. The molecule has 1 aromatic heterocycles. The predicted octanol–water partition coefficient (Wildman–Crippen LogP) is 2.33. The van der Waals surface area contributed by atoms with Crippen LogP contribution < -0.4 is 15.2 Å². The van der Waals surface area contributed by atoms with Crippen molar-refractivity contribution in [3.8, 4) is 22.8 Å². The van der Waals surface area contributed by atoms with Crippen LogP contribution in [0.1, 0.15) is 0 Å². The Bertz CT molecular complexity index is 540. The van der Waals surface area contributed by atoms with E-state index in [0.29, 0.717) is 22.3 Å². The first-order valence-corrected chi connectivity index (χ1v) is 5.27. The van der Waals surface area contributed by atoms with E-state index in [1.807, 2.05) is 6.07 Å². The van der Waals surface area contributed by atoms with Gasteiger partial charge in [0.15, 0.2) is 11.5 Å². The summed E-state index contributed by atoms with van der Waals surface area (Å²) in [4.78, 5) is 0. The normalized spacial score (nSPS) is 10.3. The van der Waals surface area contributed by atoms with Gasteiger partial charge in [0.05, 0.1) is 24.9 Å². The summed E-state index contributed by atoms with van der Waals surface area (Å²) >= 11 is 6.24. The number of nitrogen functional groups attached to an aromatic ring is 1. The second-order valence-corrected chi connectivity index (χ2v) is 3.75. The lowest BCUT2D eigenvalue weighted by molar-refractivity contribution is 0.355. The van der Waals surface area contributed by atoms with Gasteiger partial charge in [-0.2, -0.15) is 5.10 Å². The summed E-state index contributed by atoms with van der Waals surface area (Å²) in [5, 5.41) is 7.10. The van der Waals surface area contributed by atoms with E-state index in [1.54, 1.807) is 19.2 Å². The molecule has 2 rings (SSSR count). The molecule has 0 unspecified atom stereocenters. The summed E-state index contributed by atoms with van der Waals surface area (Å²) in [6.45, 7) is 0. The number of hydrogen-bond donors (Lipinski definition) is 2. The van der Waals surface area contributed by atoms with Crippen LogP contribution in [0.4, 0.5) is 5.82 Å². The first kappa shape index (κ1) is 11.6. The molecule has 0 bridgehead atoms. The topological polar surface area (TPSA) is 73.2 Å². The van der Waals surface area contributed by atoms with Crippen molar-refractivity contribution < 1.29 is 9.47 Å². The number of halogens is 1. The van der Waals surface area contributed by atoms with E-state index in [4.69, 9.17) is 26.8 Å². The summed E-state index contributed by atoms with van der Waals surface area (Å²) in [7, 11) is 3.09. The number of methoxy groups -OCH3 is 2. The van der Waals surface area contributed by atoms with Gasteiger partial charge in [0, 0.05) is 11.6 Å². The molecular formula is C11H12ClN3O2. The van der Waals surface area contributed by atoms with Gasteiger partial charge >= 0.3 is 0 Å². The van der Waals surface area contributed by atoms with Crippen molar-refractivity contribution >= 4 is 17.4 Å². The zero-order chi connectivity index (χ0) is 12.4. The van der Waals surface area contributed by atoms with E-state index in [9.17, 15) is 0 Å². The van der Waals surface area contributed by atoms with Crippen molar-refractivity contribution in [2.75, 3.05) is 20.0 Å². The van der Waals surface area contributed by atoms with Crippen molar-refractivity contribution in [3.05, 3.63) is 23.2 Å². The van der Waals surface area contributed by atoms with Crippen molar-refractivity contribution in [1.82, 2.24) is 10.2 Å². The quantitative estimate of drug-likeness (QED) is 0.881. The van der Waals surface area contributed by atoms with Crippen molar-refractivity contribution in [2.45, 2.75) is 0 Å². The van der Waals surface area contributed by atoms with Crippen LogP contribution in [-0.4, -0.2) is 24.4 Å². The minimum absolute atomic E-state index is 0.408. The van der Waals surface area contributed by atoms with Crippen LogP contribution in [-0.2, 0) is 0 Å². The summed E-state index contributed by atoms with van der Waals surface area (Å²) in [6.07, 6.45) is 0. The van der Waals surface area contributed by atoms with Crippen LogP contribution in [0.5, 0.6) is 11.5 Å². The van der Waals surface area contributed by atoms with E-state index in [0.717, 1.165) is 11.3 Å². The summed E-state index contributed by atoms with van der Waals surface area (Å²) in [5.74, 6) is 1.47. The van der Waals surface area contributed by atoms with Crippen LogP contribution in [0, 0.1) is 0 Å². The highest BCUT2D eigenvalue weighted by molar-refractivity contribution is 6.35. The van der Waals surface area contributed by atoms with Crippen molar-refractivity contribution in [1.29, 1.82) is 0 Å². The molecule has 0 atom stereocenters. The van der Waals surface area contributed by atoms with Crippen LogP contribution in [0.25, 0.3) is 11.3 Å². The fourth-order valence-electron chi connectivity index (χ4n) is 1.57. The van der Waals surface area contributed by atoms with Gasteiger partial charge in [0.25, 0.3) is 0 Å². The third-order valence-corrected chi connectivity index (χ3v) is 2.75. The fourth-order valence-corrected chi connectivity index (χ4v) is 1.91. The molecule has 0 aliphatic heterocycles. The third kappa shape index (κ3) is 2.01. The number of ether oxygens (including phenoxy) is 2. The lowest BCUT2D eigenvalue weighted by atomic mass is 10.1. The molecule has 0 aliphatic carbocycles. The molecule has 1 aromatic carbocycles. The van der Waals surface area contributed by atoms with Gasteiger partial charge in [0.2, 0.25) is 0 Å². The summed E-state index contributed by atoms with van der Waals surface area (Å²) in [6, 6.07) is 5.29. The maximum absolute atomic E-state index is 6.24. The largest absolute Gasteiger partial charge is 0.493 e. The Kier molecular flexibility index (Phi) is 3.10. The first-order chi connectivity index (χ1) is 8.17. The van der Waals surface area contributed by atoms with Crippen LogP contribution >= 0.6 is 11.6 Å². The maximum Gasteiger partial charge on any atom is 0.180 e. The zero-order valence-electron chi connectivity index (χ0n) is 9.45. The fraction of sp³-hybridized carbons (Fsp3) is 0.182. The molecule has 3 N–H and O–H groups in total. The Balaban J connectivity index is 2.56. The van der Waals surface area contributed by atoms with Crippen molar-refractivity contribution in [3.63, 3.8) is 0 Å². The molecular weight excluding hydrogens is 242 g/mol. The Morgan fingerprint density at radius 1 is 1.29 bits per heavy atom. The summed E-state index contributed by atoms with van der Waals surface area (Å²) in [5.41, 5.74) is 7.04. The van der Waals surface area contributed by atoms with Gasteiger partial charge in [-0.3, -0.25) is 5.10 Å². The first-order valence-electron chi connectivity index (χ1n) is 4.89. The average molecular weight is 254 g/mol. The van der Waals surface area contributed by atoms with Crippen LogP contribution in [0.2, 0.25) is 5.02 Å². The highest BCUT2D eigenvalue weighted by atomic mass is 35.5. The number of aromatic amines is 1. The number of anilines is 1. The van der Waals surface area contributed by atoms with Gasteiger partial charge in [-0.1, -0.05) is 11.6 Å². The van der Waals surface area contributed by atoms with E-state index in [-0.39, 0.29) is 0 Å². The second kappa shape index (κ2) is 4.55. The van der Waals surface area contributed by atoms with Crippen molar-refractivity contribution in [2.24, 2.45) is 0 Å². The molecule has 0 spiro atoms. The predicted molar refractivity (Wildman–Crippen MR) is 66.6 cm³/mol. The molecule has 1 heterocycles. The number of nitrogens with zero attached hydrogens (tertiary/aromatic N) is 1. The number of hydrogen-bond acceptors (Lipinski definition) is 4. The zero-order valence-corrected chi connectivity index (χ0v) is 10.2. The Hall–Kier alpha value is -1.88. The molecule has 6 heteroatoms. The molecule has 0 amide bonds. The van der Waals surface area contributed by atoms with Crippen LogP contribution in [0.15, 0.2) is 18.2 Å². The Morgan fingerprint density at radius 3 is 2.59 bits per heavy atom. The van der Waals surface area contributed by atoms with Gasteiger partial charge in [-0.05, 0) is 12.1 Å². The minimum atomic E-state index is 0.408. The number of benzene rings is 1. The monoisotopic (exact) mass is 253 g/mol. The SMILES string of the molecule is COc1ccc(-c2cc(N)n[nH]2)c(Cl)c1OC. The molecule has 0 aliphatic rings. The number of aromatic nitrogens is 2.